The molecule has 0 amide bonds. The van der Waals surface area contributed by atoms with Crippen LogP contribution in [-0.4, -0.2) is 44.0 Å². The summed E-state index contributed by atoms with van der Waals surface area (Å²) in [5.41, 5.74) is 0. The van der Waals surface area contributed by atoms with Gasteiger partial charge in [0.25, 0.3) is 0 Å². The number of rotatable bonds is 5. The molecule has 0 aliphatic carbocycles. The topological polar surface area (TPSA) is 62.3 Å². The van der Waals surface area contributed by atoms with Gasteiger partial charge in [0.05, 0.1) is 0 Å². The molecule has 1 N–H and O–H groups in total. The van der Waals surface area contributed by atoms with Crippen molar-refractivity contribution in [2.45, 2.75) is 37.1 Å². The zero-order valence-corrected chi connectivity index (χ0v) is 14.0. The van der Waals surface area contributed by atoms with E-state index < -0.39 is 10.0 Å². The summed E-state index contributed by atoms with van der Waals surface area (Å²) in [5.74, 6) is 0. The summed E-state index contributed by atoms with van der Waals surface area (Å²) in [5, 5.41) is 0. The third kappa shape index (κ3) is 4.51. The lowest BCUT2D eigenvalue weighted by molar-refractivity contribution is 0.215. The summed E-state index contributed by atoms with van der Waals surface area (Å²) in [4.78, 5) is 6.40. The highest BCUT2D eigenvalue weighted by atomic mass is 79.9. The van der Waals surface area contributed by atoms with Gasteiger partial charge in [-0.15, -0.1) is 0 Å². The van der Waals surface area contributed by atoms with Gasteiger partial charge in [-0.2, -0.15) is 0 Å². The summed E-state index contributed by atoms with van der Waals surface area (Å²) >= 11 is 3.24. The normalized spacial score (nSPS) is 18.9. The highest BCUT2D eigenvalue weighted by Crippen LogP contribution is 2.15. The van der Waals surface area contributed by atoms with E-state index in [2.05, 4.69) is 30.5 Å². The van der Waals surface area contributed by atoms with Crippen LogP contribution in [0.15, 0.2) is 27.8 Å². The molecule has 2 rings (SSSR count). The van der Waals surface area contributed by atoms with Gasteiger partial charge in [-0.25, -0.2) is 13.1 Å². The molecule has 1 saturated heterocycles. The molecule has 1 aromatic rings. The van der Waals surface area contributed by atoms with Crippen LogP contribution in [0.4, 0.5) is 0 Å². The number of pyridine rings is 1. The largest absolute Gasteiger partial charge is 0.302 e. The van der Waals surface area contributed by atoms with Gasteiger partial charge < -0.3 is 4.90 Å². The maximum absolute atomic E-state index is 12.2. The van der Waals surface area contributed by atoms with Crippen molar-refractivity contribution in [2.75, 3.05) is 19.6 Å². The lowest BCUT2D eigenvalue weighted by Crippen LogP contribution is -2.43. The molecule has 0 bridgehead atoms. The average molecular weight is 362 g/mol. The summed E-state index contributed by atoms with van der Waals surface area (Å²) in [7, 11) is -3.50. The number of piperidine rings is 1. The SMILES string of the molecule is CC(CN1CCCCC1)NS(=O)(=O)c1cncc(Br)c1. The summed E-state index contributed by atoms with van der Waals surface area (Å²) in [6, 6.07) is 1.44. The quantitative estimate of drug-likeness (QED) is 0.870. The molecule has 1 aliphatic heterocycles. The highest BCUT2D eigenvalue weighted by molar-refractivity contribution is 9.10. The van der Waals surface area contributed by atoms with E-state index in [1.54, 1.807) is 12.3 Å². The van der Waals surface area contributed by atoms with Crippen LogP contribution in [0, 0.1) is 0 Å². The third-order valence-corrected chi connectivity index (χ3v) is 5.32. The molecule has 5 nitrogen and oxygen atoms in total. The number of halogens is 1. The monoisotopic (exact) mass is 361 g/mol. The molecule has 0 spiro atoms. The van der Waals surface area contributed by atoms with Gasteiger partial charge in [0.1, 0.15) is 4.90 Å². The van der Waals surface area contributed by atoms with Gasteiger partial charge in [0, 0.05) is 29.5 Å². The first-order chi connectivity index (χ1) is 9.47. The molecule has 0 aromatic carbocycles. The number of sulfonamides is 1. The Morgan fingerprint density at radius 3 is 2.70 bits per heavy atom. The van der Waals surface area contributed by atoms with Crippen molar-refractivity contribution in [3.8, 4) is 0 Å². The van der Waals surface area contributed by atoms with Gasteiger partial charge in [-0.05, 0) is 54.9 Å². The number of likely N-dealkylation sites (tertiary alicyclic amines) is 1. The van der Waals surface area contributed by atoms with Crippen LogP contribution in [0.2, 0.25) is 0 Å². The number of hydrogen-bond acceptors (Lipinski definition) is 4. The van der Waals surface area contributed by atoms with E-state index in [0.29, 0.717) is 4.47 Å². The van der Waals surface area contributed by atoms with Crippen molar-refractivity contribution in [3.63, 3.8) is 0 Å². The van der Waals surface area contributed by atoms with Crippen molar-refractivity contribution >= 4 is 26.0 Å². The van der Waals surface area contributed by atoms with Crippen LogP contribution < -0.4 is 4.72 Å². The first-order valence-corrected chi connectivity index (χ1v) is 9.10. The maximum atomic E-state index is 12.2. The van der Waals surface area contributed by atoms with Crippen LogP contribution in [0.5, 0.6) is 0 Å². The zero-order chi connectivity index (χ0) is 14.6. The van der Waals surface area contributed by atoms with Gasteiger partial charge in [0.2, 0.25) is 10.0 Å². The van der Waals surface area contributed by atoms with Crippen molar-refractivity contribution < 1.29 is 8.42 Å². The van der Waals surface area contributed by atoms with Crippen molar-refractivity contribution in [3.05, 3.63) is 22.9 Å². The molecule has 112 valence electrons. The molecule has 1 atom stereocenters. The van der Waals surface area contributed by atoms with Crippen LogP contribution in [-0.2, 0) is 10.0 Å². The molecule has 1 aromatic heterocycles. The van der Waals surface area contributed by atoms with Gasteiger partial charge in [0.15, 0.2) is 0 Å². The van der Waals surface area contributed by atoms with E-state index in [0.717, 1.165) is 19.6 Å². The standard InChI is InChI=1S/C13H20BrN3O2S/c1-11(10-17-5-3-2-4-6-17)16-20(18,19)13-7-12(14)8-15-9-13/h7-9,11,16H,2-6,10H2,1H3. The molecule has 2 heterocycles. The zero-order valence-electron chi connectivity index (χ0n) is 11.5. The Morgan fingerprint density at radius 1 is 1.35 bits per heavy atom. The van der Waals surface area contributed by atoms with E-state index in [9.17, 15) is 8.42 Å². The molecule has 1 fully saturated rings. The van der Waals surface area contributed by atoms with Gasteiger partial charge >= 0.3 is 0 Å². The van der Waals surface area contributed by atoms with Crippen molar-refractivity contribution in [1.82, 2.24) is 14.6 Å². The van der Waals surface area contributed by atoms with E-state index >= 15 is 0 Å². The molecular formula is C13H20BrN3O2S. The van der Waals surface area contributed by atoms with Crippen molar-refractivity contribution in [2.24, 2.45) is 0 Å². The molecule has 0 saturated carbocycles. The third-order valence-electron chi connectivity index (χ3n) is 3.33. The average Bonchev–Trinajstić information content (AvgIpc) is 2.39. The fourth-order valence-corrected chi connectivity index (χ4v) is 4.18. The first kappa shape index (κ1) is 15.9. The second kappa shape index (κ2) is 6.98. The summed E-state index contributed by atoms with van der Waals surface area (Å²) < 4.78 is 27.9. The Bertz CT molecular complexity index is 544. The minimum absolute atomic E-state index is 0.114. The Morgan fingerprint density at radius 2 is 2.05 bits per heavy atom. The van der Waals surface area contributed by atoms with Gasteiger partial charge in [-0.1, -0.05) is 6.42 Å². The van der Waals surface area contributed by atoms with Crippen LogP contribution in [0.25, 0.3) is 0 Å². The summed E-state index contributed by atoms with van der Waals surface area (Å²) in [6.07, 6.45) is 6.61. The van der Waals surface area contributed by atoms with Gasteiger partial charge in [-0.3, -0.25) is 4.98 Å². The summed E-state index contributed by atoms with van der Waals surface area (Å²) in [6.45, 7) is 4.77. The van der Waals surface area contributed by atoms with E-state index in [1.807, 2.05) is 6.92 Å². The van der Waals surface area contributed by atoms with Crippen molar-refractivity contribution in [1.29, 1.82) is 0 Å². The molecule has 1 aliphatic rings. The lowest BCUT2D eigenvalue weighted by Gasteiger charge is -2.29. The fraction of sp³-hybridized carbons (Fsp3) is 0.615. The Labute approximate surface area is 129 Å². The first-order valence-electron chi connectivity index (χ1n) is 6.82. The second-order valence-electron chi connectivity index (χ2n) is 5.22. The molecule has 0 radical (unpaired) electrons. The van der Waals surface area contributed by atoms with Crippen LogP contribution in [0.3, 0.4) is 0 Å². The predicted octanol–water partition coefficient (Wildman–Crippen LogP) is 2.00. The highest BCUT2D eigenvalue weighted by Gasteiger charge is 2.20. The molecule has 1 unspecified atom stereocenters. The van der Waals surface area contributed by atoms with E-state index in [4.69, 9.17) is 0 Å². The smallest absolute Gasteiger partial charge is 0.242 e. The van der Waals surface area contributed by atoms with E-state index in [1.165, 1.54) is 25.5 Å². The number of aromatic nitrogens is 1. The maximum Gasteiger partial charge on any atom is 0.242 e. The molecule has 7 heteroatoms. The predicted molar refractivity (Wildman–Crippen MR) is 82.0 cm³/mol. The molecule has 20 heavy (non-hydrogen) atoms. The van der Waals surface area contributed by atoms with Crippen LogP contribution >= 0.6 is 15.9 Å². The minimum Gasteiger partial charge on any atom is -0.302 e. The molecular weight excluding hydrogens is 342 g/mol. The Hall–Kier alpha value is -0.500. The number of hydrogen-bond donors (Lipinski definition) is 1. The van der Waals surface area contributed by atoms with Crippen LogP contribution in [0.1, 0.15) is 26.2 Å². The Balaban J connectivity index is 1.97. The van der Waals surface area contributed by atoms with E-state index in [-0.39, 0.29) is 10.9 Å². The Kier molecular flexibility index (Phi) is 5.54. The number of nitrogens with one attached hydrogen (secondary N) is 1. The fourth-order valence-electron chi connectivity index (χ4n) is 2.44. The minimum atomic E-state index is -3.50. The lowest BCUT2D eigenvalue weighted by atomic mass is 10.1. The second-order valence-corrected chi connectivity index (χ2v) is 7.85. The number of nitrogens with zero attached hydrogens (tertiary/aromatic N) is 2.